The molecule has 0 aromatic heterocycles. The van der Waals surface area contributed by atoms with Gasteiger partial charge in [0, 0.05) is 32.2 Å². The molecule has 1 saturated heterocycles. The maximum absolute atomic E-state index is 12.5. The minimum Gasteiger partial charge on any atom is -0.481 e. The lowest BCUT2D eigenvalue weighted by Crippen LogP contribution is -2.44. The van der Waals surface area contributed by atoms with Crippen LogP contribution < -0.4 is 0 Å². The molecule has 2 rings (SSSR count). The minimum atomic E-state index is -0.851. The van der Waals surface area contributed by atoms with E-state index in [0.717, 1.165) is 25.7 Å². The van der Waals surface area contributed by atoms with Crippen LogP contribution in [0.25, 0.3) is 0 Å². The highest BCUT2D eigenvalue weighted by Gasteiger charge is 2.27. The zero-order chi connectivity index (χ0) is 14.4. The summed E-state index contributed by atoms with van der Waals surface area (Å²) in [6.45, 7) is 1.63. The van der Waals surface area contributed by atoms with Crippen molar-refractivity contribution in [1.82, 2.24) is 4.90 Å². The molecule has 1 N–H and O–H groups in total. The van der Waals surface area contributed by atoms with Crippen LogP contribution >= 0.6 is 0 Å². The standard InChI is InChI=1S/C15H23NO4/c17-14(11-12-3-1-2-4-12)16(8-5-15(18)19)13-6-9-20-10-7-13/h1,3,12-13H,2,4-11H2,(H,18,19). The molecule has 0 aromatic rings. The molecule has 1 amide bonds. The summed E-state index contributed by atoms with van der Waals surface area (Å²) >= 11 is 0. The highest BCUT2D eigenvalue weighted by molar-refractivity contribution is 5.78. The topological polar surface area (TPSA) is 66.8 Å². The van der Waals surface area contributed by atoms with Crippen molar-refractivity contribution in [1.29, 1.82) is 0 Å². The third-order valence-electron chi connectivity index (χ3n) is 4.07. The van der Waals surface area contributed by atoms with Gasteiger partial charge in [0.2, 0.25) is 5.91 Å². The van der Waals surface area contributed by atoms with Gasteiger partial charge in [0.15, 0.2) is 0 Å². The molecule has 0 aromatic carbocycles. The molecule has 0 bridgehead atoms. The molecule has 1 fully saturated rings. The molecule has 0 radical (unpaired) electrons. The fraction of sp³-hybridized carbons (Fsp3) is 0.733. The summed E-state index contributed by atoms with van der Waals surface area (Å²) in [6.07, 6.45) is 8.46. The molecule has 1 aliphatic heterocycles. The first-order valence-electron chi connectivity index (χ1n) is 7.42. The summed E-state index contributed by atoms with van der Waals surface area (Å²) in [6, 6.07) is 0.140. The summed E-state index contributed by atoms with van der Waals surface area (Å²) in [5, 5.41) is 8.85. The average Bonchev–Trinajstić information content (AvgIpc) is 2.92. The molecule has 2 aliphatic rings. The second-order valence-corrected chi connectivity index (χ2v) is 5.54. The van der Waals surface area contributed by atoms with Gasteiger partial charge >= 0.3 is 5.97 Å². The number of hydrogen-bond donors (Lipinski definition) is 1. The molecular formula is C15H23NO4. The van der Waals surface area contributed by atoms with Crippen molar-refractivity contribution < 1.29 is 19.4 Å². The highest BCUT2D eigenvalue weighted by atomic mass is 16.5. The van der Waals surface area contributed by atoms with E-state index in [9.17, 15) is 9.59 Å². The first kappa shape index (κ1) is 15.0. The van der Waals surface area contributed by atoms with Gasteiger partial charge in [0.25, 0.3) is 0 Å². The van der Waals surface area contributed by atoms with E-state index in [1.54, 1.807) is 4.90 Å². The normalized spacial score (nSPS) is 22.9. The number of amides is 1. The fourth-order valence-corrected chi connectivity index (χ4v) is 2.93. The molecule has 5 heteroatoms. The Bertz CT molecular complexity index is 374. The van der Waals surface area contributed by atoms with Crippen molar-refractivity contribution >= 4 is 11.9 Å². The highest BCUT2D eigenvalue weighted by Crippen LogP contribution is 2.23. The predicted octanol–water partition coefficient (Wildman–Crippen LogP) is 1.83. The van der Waals surface area contributed by atoms with Crippen LogP contribution in [0.15, 0.2) is 12.2 Å². The number of rotatable bonds is 6. The summed E-state index contributed by atoms with van der Waals surface area (Å²) in [5.74, 6) is -0.431. The van der Waals surface area contributed by atoms with E-state index in [-0.39, 0.29) is 18.4 Å². The van der Waals surface area contributed by atoms with Crippen LogP contribution in [-0.4, -0.2) is 47.7 Å². The van der Waals surface area contributed by atoms with Gasteiger partial charge in [0.1, 0.15) is 0 Å². The minimum absolute atomic E-state index is 0.0175. The van der Waals surface area contributed by atoms with E-state index in [2.05, 4.69) is 12.2 Å². The van der Waals surface area contributed by atoms with Crippen molar-refractivity contribution in [3.8, 4) is 0 Å². The van der Waals surface area contributed by atoms with Gasteiger partial charge in [-0.15, -0.1) is 0 Å². The molecule has 112 valence electrons. The summed E-state index contributed by atoms with van der Waals surface area (Å²) < 4.78 is 5.32. The van der Waals surface area contributed by atoms with Crippen LogP contribution in [0.3, 0.4) is 0 Å². The largest absolute Gasteiger partial charge is 0.481 e. The van der Waals surface area contributed by atoms with Gasteiger partial charge in [-0.05, 0) is 31.6 Å². The Labute approximate surface area is 119 Å². The predicted molar refractivity (Wildman–Crippen MR) is 74.3 cm³/mol. The smallest absolute Gasteiger partial charge is 0.305 e. The number of carboxylic acid groups (broad SMARTS) is 1. The third kappa shape index (κ3) is 4.34. The average molecular weight is 281 g/mol. The third-order valence-corrected chi connectivity index (χ3v) is 4.07. The first-order valence-corrected chi connectivity index (χ1v) is 7.42. The molecule has 20 heavy (non-hydrogen) atoms. The van der Waals surface area contributed by atoms with Crippen LogP contribution in [-0.2, 0) is 14.3 Å². The number of aliphatic carboxylic acids is 1. The number of nitrogens with zero attached hydrogens (tertiary/aromatic N) is 1. The molecule has 5 nitrogen and oxygen atoms in total. The Hall–Kier alpha value is -1.36. The quantitative estimate of drug-likeness (QED) is 0.754. The van der Waals surface area contributed by atoms with E-state index in [0.29, 0.717) is 32.1 Å². The van der Waals surface area contributed by atoms with Crippen LogP contribution in [0.1, 0.15) is 38.5 Å². The number of ether oxygens (including phenoxy) is 1. The Morgan fingerprint density at radius 1 is 1.25 bits per heavy atom. The monoisotopic (exact) mass is 281 g/mol. The molecular weight excluding hydrogens is 258 g/mol. The van der Waals surface area contributed by atoms with Gasteiger partial charge in [-0.2, -0.15) is 0 Å². The Morgan fingerprint density at radius 3 is 2.60 bits per heavy atom. The molecule has 1 atom stereocenters. The number of carbonyl (C=O) groups is 2. The van der Waals surface area contributed by atoms with Gasteiger partial charge in [-0.25, -0.2) is 0 Å². The van der Waals surface area contributed by atoms with Crippen molar-refractivity contribution in [3.05, 3.63) is 12.2 Å². The maximum Gasteiger partial charge on any atom is 0.305 e. The molecule has 0 saturated carbocycles. The van der Waals surface area contributed by atoms with Crippen molar-refractivity contribution in [2.45, 2.75) is 44.6 Å². The van der Waals surface area contributed by atoms with E-state index in [4.69, 9.17) is 9.84 Å². The Balaban J connectivity index is 1.93. The summed E-state index contributed by atoms with van der Waals surface area (Å²) in [5.41, 5.74) is 0. The van der Waals surface area contributed by atoms with E-state index >= 15 is 0 Å². The van der Waals surface area contributed by atoms with Gasteiger partial charge in [-0.1, -0.05) is 12.2 Å². The number of carboxylic acids is 1. The number of carbonyl (C=O) groups excluding carboxylic acids is 1. The molecule has 1 heterocycles. The van der Waals surface area contributed by atoms with E-state index < -0.39 is 5.97 Å². The Kier molecular flexibility index (Phi) is 5.59. The maximum atomic E-state index is 12.5. The zero-order valence-corrected chi connectivity index (χ0v) is 11.8. The number of hydrogen-bond acceptors (Lipinski definition) is 3. The lowest BCUT2D eigenvalue weighted by atomic mass is 10.0. The Morgan fingerprint density at radius 2 is 2.00 bits per heavy atom. The summed E-state index contributed by atoms with van der Waals surface area (Å²) in [4.78, 5) is 25.0. The van der Waals surface area contributed by atoms with E-state index in [1.165, 1.54) is 0 Å². The second kappa shape index (κ2) is 7.43. The van der Waals surface area contributed by atoms with Crippen molar-refractivity contribution in [2.75, 3.05) is 19.8 Å². The van der Waals surface area contributed by atoms with Gasteiger partial charge < -0.3 is 14.7 Å². The van der Waals surface area contributed by atoms with Crippen molar-refractivity contribution in [3.63, 3.8) is 0 Å². The van der Waals surface area contributed by atoms with Crippen LogP contribution in [0.2, 0.25) is 0 Å². The number of allylic oxidation sites excluding steroid dienone is 2. The second-order valence-electron chi connectivity index (χ2n) is 5.54. The SMILES string of the molecule is O=C(O)CCN(C(=O)CC1C=CCC1)C1CCOCC1. The van der Waals surface area contributed by atoms with Gasteiger partial charge in [-0.3, -0.25) is 9.59 Å². The van der Waals surface area contributed by atoms with Crippen molar-refractivity contribution in [2.24, 2.45) is 5.92 Å². The zero-order valence-electron chi connectivity index (χ0n) is 11.8. The molecule has 1 unspecified atom stereocenters. The lowest BCUT2D eigenvalue weighted by Gasteiger charge is -2.34. The van der Waals surface area contributed by atoms with E-state index in [1.807, 2.05) is 0 Å². The lowest BCUT2D eigenvalue weighted by molar-refractivity contribution is -0.140. The van der Waals surface area contributed by atoms with Crippen LogP contribution in [0.5, 0.6) is 0 Å². The van der Waals surface area contributed by atoms with Crippen LogP contribution in [0, 0.1) is 5.92 Å². The van der Waals surface area contributed by atoms with Gasteiger partial charge in [0.05, 0.1) is 6.42 Å². The summed E-state index contributed by atoms with van der Waals surface area (Å²) in [7, 11) is 0. The molecule has 1 aliphatic carbocycles. The molecule has 0 spiro atoms. The first-order chi connectivity index (χ1) is 9.66. The fourth-order valence-electron chi connectivity index (χ4n) is 2.93. The van der Waals surface area contributed by atoms with Crippen LogP contribution in [0.4, 0.5) is 0 Å².